The van der Waals surface area contributed by atoms with Gasteiger partial charge >= 0.3 is 0 Å². The Hall–Kier alpha value is -0.760. The average Bonchev–Trinajstić information content (AvgIpc) is 2.07. The summed E-state index contributed by atoms with van der Waals surface area (Å²) in [6.07, 6.45) is 2.56. The maximum atomic E-state index is 5.47. The fraction of sp³-hybridized carbons (Fsp3) is 0.375. The van der Waals surface area contributed by atoms with E-state index in [4.69, 9.17) is 16.3 Å². The molecule has 1 rings (SSSR count). The lowest BCUT2D eigenvalue weighted by Crippen LogP contribution is -1.98. The highest BCUT2D eigenvalue weighted by Gasteiger charge is 1.90. The molecule has 0 aliphatic rings. The molecule has 2 nitrogen and oxygen atoms in total. The summed E-state index contributed by atoms with van der Waals surface area (Å²) in [4.78, 5) is 3.99. The van der Waals surface area contributed by atoms with Crippen LogP contribution in [0.15, 0.2) is 24.4 Å². The van der Waals surface area contributed by atoms with Crippen molar-refractivity contribution in [1.82, 2.24) is 4.98 Å². The van der Waals surface area contributed by atoms with Crippen molar-refractivity contribution >= 4 is 11.6 Å². The van der Waals surface area contributed by atoms with Gasteiger partial charge in [-0.3, -0.25) is 0 Å². The van der Waals surface area contributed by atoms with Crippen LogP contribution in [0.2, 0.25) is 0 Å². The molecule has 0 fully saturated rings. The quantitative estimate of drug-likeness (QED) is 0.511. The summed E-state index contributed by atoms with van der Waals surface area (Å²) in [6.45, 7) is 0.639. The Bertz CT molecular complexity index is 191. The normalized spacial score (nSPS) is 9.55. The zero-order valence-electron chi connectivity index (χ0n) is 6.16. The van der Waals surface area contributed by atoms with E-state index in [-0.39, 0.29) is 0 Å². The van der Waals surface area contributed by atoms with Crippen molar-refractivity contribution in [3.05, 3.63) is 24.4 Å². The van der Waals surface area contributed by atoms with Crippen molar-refractivity contribution in [2.24, 2.45) is 0 Å². The molecule has 0 spiro atoms. The Kier molecular flexibility index (Phi) is 3.76. The molecular formula is C8H10ClNO. The molecule has 11 heavy (non-hydrogen) atoms. The SMILES string of the molecule is ClCCCOc1ccccn1. The van der Waals surface area contributed by atoms with Crippen LogP contribution in [-0.4, -0.2) is 17.5 Å². The van der Waals surface area contributed by atoms with E-state index in [1.54, 1.807) is 6.20 Å². The van der Waals surface area contributed by atoms with Crippen LogP contribution in [0.4, 0.5) is 0 Å². The predicted octanol–water partition coefficient (Wildman–Crippen LogP) is 2.09. The van der Waals surface area contributed by atoms with E-state index in [0.717, 1.165) is 6.42 Å². The topological polar surface area (TPSA) is 22.1 Å². The third-order valence-corrected chi connectivity index (χ3v) is 1.43. The summed E-state index contributed by atoms with van der Waals surface area (Å²) in [6, 6.07) is 5.58. The van der Waals surface area contributed by atoms with Crippen molar-refractivity contribution < 1.29 is 4.74 Å². The molecule has 0 unspecified atom stereocenters. The standard InChI is InChI=1S/C8H10ClNO/c9-5-3-7-11-8-4-1-2-6-10-8/h1-2,4,6H,3,5,7H2. The first-order chi connectivity index (χ1) is 5.43. The van der Waals surface area contributed by atoms with E-state index in [1.165, 1.54) is 0 Å². The monoisotopic (exact) mass is 171 g/mol. The summed E-state index contributed by atoms with van der Waals surface area (Å²) in [7, 11) is 0. The molecule has 0 bridgehead atoms. The Balaban J connectivity index is 2.28. The Labute approximate surface area is 71.2 Å². The number of hydrogen-bond donors (Lipinski definition) is 0. The molecule has 0 aliphatic carbocycles. The van der Waals surface area contributed by atoms with Gasteiger partial charge in [-0.25, -0.2) is 4.98 Å². The van der Waals surface area contributed by atoms with Crippen molar-refractivity contribution in [2.45, 2.75) is 6.42 Å². The molecule has 0 amide bonds. The molecule has 0 N–H and O–H groups in total. The highest BCUT2D eigenvalue weighted by atomic mass is 35.5. The van der Waals surface area contributed by atoms with Crippen LogP contribution in [0.5, 0.6) is 5.88 Å². The van der Waals surface area contributed by atoms with Gasteiger partial charge in [-0.1, -0.05) is 6.07 Å². The molecule has 0 saturated heterocycles. The fourth-order valence-electron chi connectivity index (χ4n) is 0.664. The number of pyridine rings is 1. The minimum Gasteiger partial charge on any atom is -0.478 e. The maximum Gasteiger partial charge on any atom is 0.213 e. The first-order valence-corrected chi connectivity index (χ1v) is 4.07. The van der Waals surface area contributed by atoms with Crippen molar-refractivity contribution in [1.29, 1.82) is 0 Å². The van der Waals surface area contributed by atoms with Gasteiger partial charge in [-0.15, -0.1) is 11.6 Å². The van der Waals surface area contributed by atoms with Crippen LogP contribution in [0.25, 0.3) is 0 Å². The maximum absolute atomic E-state index is 5.47. The lowest BCUT2D eigenvalue weighted by atomic mass is 10.5. The van der Waals surface area contributed by atoms with Crippen molar-refractivity contribution in [3.63, 3.8) is 0 Å². The molecule has 1 aromatic rings. The third-order valence-electron chi connectivity index (χ3n) is 1.17. The van der Waals surface area contributed by atoms with Crippen LogP contribution in [0.3, 0.4) is 0 Å². The molecule has 0 radical (unpaired) electrons. The van der Waals surface area contributed by atoms with Gasteiger partial charge in [0.15, 0.2) is 0 Å². The zero-order valence-corrected chi connectivity index (χ0v) is 6.92. The van der Waals surface area contributed by atoms with E-state index in [9.17, 15) is 0 Å². The smallest absolute Gasteiger partial charge is 0.213 e. The summed E-state index contributed by atoms with van der Waals surface area (Å²) in [5.74, 6) is 1.30. The van der Waals surface area contributed by atoms with Gasteiger partial charge in [0, 0.05) is 18.1 Å². The Morgan fingerprint density at radius 2 is 2.36 bits per heavy atom. The van der Waals surface area contributed by atoms with Crippen LogP contribution >= 0.6 is 11.6 Å². The van der Waals surface area contributed by atoms with E-state index in [0.29, 0.717) is 18.4 Å². The Morgan fingerprint density at radius 3 is 3.00 bits per heavy atom. The van der Waals surface area contributed by atoms with Crippen LogP contribution < -0.4 is 4.74 Å². The van der Waals surface area contributed by atoms with E-state index in [2.05, 4.69) is 4.98 Å². The molecule has 1 heterocycles. The Morgan fingerprint density at radius 1 is 1.45 bits per heavy atom. The van der Waals surface area contributed by atoms with E-state index < -0.39 is 0 Å². The number of rotatable bonds is 4. The second-order valence-corrected chi connectivity index (χ2v) is 2.44. The number of nitrogens with zero attached hydrogens (tertiary/aromatic N) is 1. The predicted molar refractivity (Wildman–Crippen MR) is 45.1 cm³/mol. The highest BCUT2D eigenvalue weighted by molar-refractivity contribution is 6.17. The summed E-state index contributed by atoms with van der Waals surface area (Å²) in [5, 5.41) is 0. The van der Waals surface area contributed by atoms with Gasteiger partial charge in [-0.05, 0) is 12.5 Å². The van der Waals surface area contributed by atoms with Gasteiger partial charge < -0.3 is 4.74 Å². The lowest BCUT2D eigenvalue weighted by molar-refractivity contribution is 0.306. The molecule has 0 saturated carbocycles. The average molecular weight is 172 g/mol. The lowest BCUT2D eigenvalue weighted by Gasteiger charge is -2.01. The first kappa shape index (κ1) is 8.34. The number of halogens is 1. The molecule has 0 aliphatic heterocycles. The van der Waals surface area contributed by atoms with E-state index >= 15 is 0 Å². The summed E-state index contributed by atoms with van der Waals surface area (Å²) in [5.41, 5.74) is 0. The molecule has 60 valence electrons. The largest absolute Gasteiger partial charge is 0.478 e. The van der Waals surface area contributed by atoms with Gasteiger partial charge in [-0.2, -0.15) is 0 Å². The van der Waals surface area contributed by atoms with Gasteiger partial charge in [0.2, 0.25) is 5.88 Å². The number of hydrogen-bond acceptors (Lipinski definition) is 2. The minimum absolute atomic E-state index is 0.632. The van der Waals surface area contributed by atoms with E-state index in [1.807, 2.05) is 18.2 Å². The van der Waals surface area contributed by atoms with Crippen LogP contribution in [-0.2, 0) is 0 Å². The highest BCUT2D eigenvalue weighted by Crippen LogP contribution is 2.03. The van der Waals surface area contributed by atoms with Crippen molar-refractivity contribution in [3.8, 4) is 5.88 Å². The summed E-state index contributed by atoms with van der Waals surface area (Å²) < 4.78 is 5.25. The number of alkyl halides is 1. The minimum atomic E-state index is 0.632. The summed E-state index contributed by atoms with van der Waals surface area (Å²) >= 11 is 5.47. The second-order valence-electron chi connectivity index (χ2n) is 2.06. The van der Waals surface area contributed by atoms with Crippen LogP contribution in [0, 0.1) is 0 Å². The molecule has 0 atom stereocenters. The fourth-order valence-corrected chi connectivity index (χ4v) is 0.773. The molecular weight excluding hydrogens is 162 g/mol. The van der Waals surface area contributed by atoms with Crippen molar-refractivity contribution in [2.75, 3.05) is 12.5 Å². The first-order valence-electron chi connectivity index (χ1n) is 3.53. The number of aromatic nitrogens is 1. The molecule has 1 aromatic heterocycles. The zero-order chi connectivity index (χ0) is 7.94. The van der Waals surface area contributed by atoms with Crippen LogP contribution in [0.1, 0.15) is 6.42 Å². The molecule has 0 aromatic carbocycles. The molecule has 3 heteroatoms. The van der Waals surface area contributed by atoms with Gasteiger partial charge in [0.25, 0.3) is 0 Å². The third kappa shape index (κ3) is 3.23. The van der Waals surface area contributed by atoms with Gasteiger partial charge in [0.1, 0.15) is 0 Å². The van der Waals surface area contributed by atoms with Gasteiger partial charge in [0.05, 0.1) is 6.61 Å². The second kappa shape index (κ2) is 4.97. The number of ether oxygens (including phenoxy) is 1.